The molecule has 1 fully saturated rings. The quantitative estimate of drug-likeness (QED) is 0.579. The maximum absolute atomic E-state index is 12.8. The molecule has 4 heteroatoms. The van der Waals surface area contributed by atoms with Gasteiger partial charge in [0.2, 0.25) is 0 Å². The highest BCUT2D eigenvalue weighted by Crippen LogP contribution is 2.12. The van der Waals surface area contributed by atoms with Crippen LogP contribution in [0.2, 0.25) is 0 Å². The Morgan fingerprint density at radius 1 is 1.55 bits per heavy atom. The number of alkyl halides is 1. The van der Waals surface area contributed by atoms with Crippen LogP contribution in [0.4, 0.5) is 4.39 Å². The Labute approximate surface area is 66.9 Å². The van der Waals surface area contributed by atoms with E-state index in [-0.39, 0.29) is 6.04 Å². The lowest BCUT2D eigenvalue weighted by Crippen LogP contribution is -2.53. The zero-order chi connectivity index (χ0) is 8.43. The molecule has 0 aromatic rings. The van der Waals surface area contributed by atoms with Gasteiger partial charge in [-0.3, -0.25) is 0 Å². The van der Waals surface area contributed by atoms with Crippen LogP contribution in [-0.4, -0.2) is 49.4 Å². The molecule has 11 heavy (non-hydrogen) atoms. The average molecular weight is 161 g/mol. The largest absolute Gasteiger partial charge is 0.324 e. The van der Waals surface area contributed by atoms with Crippen molar-refractivity contribution in [1.29, 1.82) is 0 Å². The summed E-state index contributed by atoms with van der Waals surface area (Å²) in [6, 6.07) is -0.314. The third-order valence-corrected chi connectivity index (χ3v) is 2.11. The SMILES string of the molecule is CN(C)N1CCC(F)C(N)C1. The Morgan fingerprint density at radius 3 is 2.64 bits per heavy atom. The van der Waals surface area contributed by atoms with E-state index >= 15 is 0 Å². The van der Waals surface area contributed by atoms with Crippen molar-refractivity contribution in [2.45, 2.75) is 18.6 Å². The van der Waals surface area contributed by atoms with Crippen molar-refractivity contribution < 1.29 is 4.39 Å². The smallest absolute Gasteiger partial charge is 0.118 e. The Kier molecular flexibility index (Phi) is 2.81. The minimum absolute atomic E-state index is 0.314. The van der Waals surface area contributed by atoms with Crippen molar-refractivity contribution in [1.82, 2.24) is 10.0 Å². The fourth-order valence-corrected chi connectivity index (χ4v) is 1.30. The van der Waals surface area contributed by atoms with Gasteiger partial charge in [0.1, 0.15) is 6.17 Å². The zero-order valence-corrected chi connectivity index (χ0v) is 7.13. The maximum Gasteiger partial charge on any atom is 0.118 e. The first-order chi connectivity index (χ1) is 5.11. The molecule has 66 valence electrons. The molecule has 1 aliphatic rings. The summed E-state index contributed by atoms with van der Waals surface area (Å²) in [5.74, 6) is 0. The molecule has 0 radical (unpaired) electrons. The summed E-state index contributed by atoms with van der Waals surface area (Å²) in [4.78, 5) is 0. The first-order valence-electron chi connectivity index (χ1n) is 3.93. The molecule has 2 unspecified atom stereocenters. The maximum atomic E-state index is 12.8. The second-order valence-corrected chi connectivity index (χ2v) is 3.23. The molecule has 1 rings (SSSR count). The summed E-state index contributed by atoms with van der Waals surface area (Å²) in [5, 5.41) is 4.02. The first kappa shape index (κ1) is 8.90. The van der Waals surface area contributed by atoms with Crippen LogP contribution in [0, 0.1) is 0 Å². The predicted octanol–water partition coefficient (Wildman–Crippen LogP) is -0.166. The van der Waals surface area contributed by atoms with E-state index in [0.29, 0.717) is 13.0 Å². The number of nitrogens with two attached hydrogens (primary N) is 1. The van der Waals surface area contributed by atoms with Crippen molar-refractivity contribution >= 4 is 0 Å². The van der Waals surface area contributed by atoms with Crippen LogP contribution in [0.15, 0.2) is 0 Å². The van der Waals surface area contributed by atoms with E-state index in [2.05, 4.69) is 5.01 Å². The highest BCUT2D eigenvalue weighted by Gasteiger charge is 2.26. The molecular weight excluding hydrogens is 145 g/mol. The number of hydrazine groups is 1. The van der Waals surface area contributed by atoms with E-state index in [9.17, 15) is 4.39 Å². The lowest BCUT2D eigenvalue weighted by molar-refractivity contribution is -0.0210. The van der Waals surface area contributed by atoms with E-state index in [0.717, 1.165) is 6.54 Å². The number of halogens is 1. The van der Waals surface area contributed by atoms with E-state index in [1.54, 1.807) is 0 Å². The number of hydrogen-bond acceptors (Lipinski definition) is 3. The number of rotatable bonds is 1. The lowest BCUT2D eigenvalue weighted by atomic mass is 10.1. The fraction of sp³-hybridized carbons (Fsp3) is 1.00. The van der Waals surface area contributed by atoms with Crippen molar-refractivity contribution in [3.05, 3.63) is 0 Å². The second-order valence-electron chi connectivity index (χ2n) is 3.23. The summed E-state index contributed by atoms with van der Waals surface area (Å²) < 4.78 is 12.8. The molecule has 0 saturated carbocycles. The molecule has 0 bridgehead atoms. The minimum Gasteiger partial charge on any atom is -0.324 e. The van der Waals surface area contributed by atoms with Gasteiger partial charge in [-0.05, 0) is 6.42 Å². The van der Waals surface area contributed by atoms with Crippen molar-refractivity contribution in [2.75, 3.05) is 27.2 Å². The van der Waals surface area contributed by atoms with Crippen molar-refractivity contribution in [3.8, 4) is 0 Å². The number of nitrogens with zero attached hydrogens (tertiary/aromatic N) is 2. The lowest BCUT2D eigenvalue weighted by Gasteiger charge is -2.36. The summed E-state index contributed by atoms with van der Waals surface area (Å²) >= 11 is 0. The Hall–Kier alpha value is -0.190. The van der Waals surface area contributed by atoms with E-state index in [1.807, 2.05) is 19.1 Å². The number of hydrogen-bond donors (Lipinski definition) is 1. The van der Waals surface area contributed by atoms with Gasteiger partial charge < -0.3 is 5.73 Å². The average Bonchev–Trinajstić information content (AvgIpc) is 1.94. The number of piperidine rings is 1. The second kappa shape index (κ2) is 3.47. The molecule has 1 aliphatic heterocycles. The summed E-state index contributed by atoms with van der Waals surface area (Å²) in [7, 11) is 3.90. The van der Waals surface area contributed by atoms with Crippen LogP contribution in [0.1, 0.15) is 6.42 Å². The normalized spacial score (nSPS) is 34.6. The van der Waals surface area contributed by atoms with Crippen molar-refractivity contribution in [2.24, 2.45) is 5.73 Å². The standard InChI is InChI=1S/C7H16FN3/c1-10(2)11-4-3-6(8)7(9)5-11/h6-7H,3-5,9H2,1-2H3. The molecule has 3 nitrogen and oxygen atoms in total. The molecule has 0 aromatic heterocycles. The highest BCUT2D eigenvalue weighted by molar-refractivity contribution is 4.81. The molecule has 0 spiro atoms. The van der Waals surface area contributed by atoms with Gasteiger partial charge >= 0.3 is 0 Å². The van der Waals surface area contributed by atoms with Crippen LogP contribution in [-0.2, 0) is 0 Å². The van der Waals surface area contributed by atoms with Crippen LogP contribution in [0.5, 0.6) is 0 Å². The molecule has 2 atom stereocenters. The molecule has 1 saturated heterocycles. The molecule has 0 aromatic carbocycles. The third-order valence-electron chi connectivity index (χ3n) is 2.11. The first-order valence-corrected chi connectivity index (χ1v) is 3.93. The van der Waals surface area contributed by atoms with E-state index in [1.165, 1.54) is 0 Å². The summed E-state index contributed by atoms with van der Waals surface area (Å²) in [6.45, 7) is 1.41. The third kappa shape index (κ3) is 2.12. The molecular formula is C7H16FN3. The van der Waals surface area contributed by atoms with Gasteiger partial charge in [-0.25, -0.2) is 14.4 Å². The van der Waals surface area contributed by atoms with Crippen LogP contribution in [0.3, 0.4) is 0 Å². The Balaban J connectivity index is 2.40. The molecule has 0 aliphatic carbocycles. The van der Waals surface area contributed by atoms with Gasteiger partial charge in [0.15, 0.2) is 0 Å². The Bertz CT molecular complexity index is 129. The topological polar surface area (TPSA) is 32.5 Å². The van der Waals surface area contributed by atoms with E-state index < -0.39 is 6.17 Å². The van der Waals surface area contributed by atoms with Crippen molar-refractivity contribution in [3.63, 3.8) is 0 Å². The summed E-state index contributed by atoms with van der Waals surface area (Å²) in [5.41, 5.74) is 5.56. The minimum atomic E-state index is -0.814. The van der Waals surface area contributed by atoms with E-state index in [4.69, 9.17) is 5.73 Å². The highest BCUT2D eigenvalue weighted by atomic mass is 19.1. The molecule has 2 N–H and O–H groups in total. The zero-order valence-electron chi connectivity index (χ0n) is 7.13. The van der Waals surface area contributed by atoms with Gasteiger partial charge in [0.05, 0.1) is 0 Å². The van der Waals surface area contributed by atoms with Gasteiger partial charge in [0, 0.05) is 33.2 Å². The van der Waals surface area contributed by atoms with Gasteiger partial charge in [0.25, 0.3) is 0 Å². The molecule has 1 heterocycles. The van der Waals surface area contributed by atoms with Crippen LogP contribution in [0.25, 0.3) is 0 Å². The monoisotopic (exact) mass is 161 g/mol. The predicted molar refractivity (Wildman–Crippen MR) is 42.7 cm³/mol. The Morgan fingerprint density at radius 2 is 2.18 bits per heavy atom. The van der Waals surface area contributed by atoms with Crippen LogP contribution < -0.4 is 5.73 Å². The van der Waals surface area contributed by atoms with Gasteiger partial charge in [-0.1, -0.05) is 0 Å². The fourth-order valence-electron chi connectivity index (χ4n) is 1.30. The van der Waals surface area contributed by atoms with Crippen LogP contribution >= 0.6 is 0 Å². The van der Waals surface area contributed by atoms with Gasteiger partial charge in [-0.15, -0.1) is 0 Å². The molecule has 0 amide bonds. The summed E-state index contributed by atoms with van der Waals surface area (Å²) in [6.07, 6.45) is -0.259. The van der Waals surface area contributed by atoms with Gasteiger partial charge in [-0.2, -0.15) is 0 Å².